The molecule has 0 aliphatic rings. The second-order valence-corrected chi connectivity index (χ2v) is 3.75. The number of nitrogens with one attached hydrogen (secondary N) is 1. The molecular formula is C9H6BrF4NO. The van der Waals surface area contributed by atoms with Gasteiger partial charge in [0.1, 0.15) is 12.4 Å². The Morgan fingerprint density at radius 1 is 1.38 bits per heavy atom. The molecule has 16 heavy (non-hydrogen) atoms. The molecule has 0 heterocycles. The Bertz CT molecular complexity index is 385. The maximum Gasteiger partial charge on any atom is 0.405 e. The van der Waals surface area contributed by atoms with Crippen LogP contribution in [0.15, 0.2) is 22.7 Å². The van der Waals surface area contributed by atoms with Gasteiger partial charge in [-0.3, -0.25) is 4.79 Å². The fourth-order valence-electron chi connectivity index (χ4n) is 0.984. The van der Waals surface area contributed by atoms with E-state index >= 15 is 0 Å². The van der Waals surface area contributed by atoms with Crippen LogP contribution in [0.2, 0.25) is 0 Å². The minimum absolute atomic E-state index is 0.104. The summed E-state index contributed by atoms with van der Waals surface area (Å²) in [6.45, 7) is -1.49. The fourth-order valence-corrected chi connectivity index (χ4v) is 1.51. The topological polar surface area (TPSA) is 29.1 Å². The van der Waals surface area contributed by atoms with Gasteiger partial charge >= 0.3 is 6.18 Å². The van der Waals surface area contributed by atoms with Gasteiger partial charge < -0.3 is 5.32 Å². The highest BCUT2D eigenvalue weighted by Crippen LogP contribution is 2.20. The zero-order valence-electron chi connectivity index (χ0n) is 7.74. The predicted octanol–water partition coefficient (Wildman–Crippen LogP) is 2.88. The molecule has 0 aliphatic heterocycles. The first-order valence-electron chi connectivity index (χ1n) is 4.10. The minimum atomic E-state index is -4.52. The van der Waals surface area contributed by atoms with E-state index in [0.717, 1.165) is 6.07 Å². The van der Waals surface area contributed by atoms with Crippen molar-refractivity contribution in [2.24, 2.45) is 0 Å². The third-order valence-electron chi connectivity index (χ3n) is 1.64. The number of hydrogen-bond donors (Lipinski definition) is 1. The van der Waals surface area contributed by atoms with Crippen LogP contribution in [0.25, 0.3) is 0 Å². The molecule has 1 rings (SSSR count). The van der Waals surface area contributed by atoms with Crippen molar-refractivity contribution in [3.8, 4) is 0 Å². The fraction of sp³-hybridized carbons (Fsp3) is 0.222. The molecule has 0 saturated carbocycles. The van der Waals surface area contributed by atoms with Gasteiger partial charge in [-0.2, -0.15) is 13.2 Å². The van der Waals surface area contributed by atoms with E-state index in [9.17, 15) is 22.4 Å². The van der Waals surface area contributed by atoms with Crippen molar-refractivity contribution in [2.75, 3.05) is 6.54 Å². The summed E-state index contributed by atoms with van der Waals surface area (Å²) in [5.41, 5.74) is -0.438. The Balaban J connectivity index is 2.81. The molecule has 2 nitrogen and oxygen atoms in total. The summed E-state index contributed by atoms with van der Waals surface area (Å²) in [7, 11) is 0. The lowest BCUT2D eigenvalue weighted by Gasteiger charge is -2.09. The lowest BCUT2D eigenvalue weighted by molar-refractivity contribution is -0.123. The Labute approximate surface area is 96.8 Å². The third kappa shape index (κ3) is 3.48. The average Bonchev–Trinajstić information content (AvgIpc) is 2.13. The highest BCUT2D eigenvalue weighted by Gasteiger charge is 2.28. The van der Waals surface area contributed by atoms with E-state index in [1.807, 2.05) is 0 Å². The maximum absolute atomic E-state index is 13.1. The second-order valence-electron chi connectivity index (χ2n) is 2.89. The lowest BCUT2D eigenvalue weighted by atomic mass is 10.2. The van der Waals surface area contributed by atoms with Gasteiger partial charge in [-0.15, -0.1) is 0 Å². The summed E-state index contributed by atoms with van der Waals surface area (Å²) in [5.74, 6) is -1.99. The van der Waals surface area contributed by atoms with Crippen LogP contribution in [-0.2, 0) is 0 Å². The normalized spacial score (nSPS) is 11.3. The molecule has 0 saturated heterocycles. The van der Waals surface area contributed by atoms with E-state index in [1.54, 1.807) is 5.32 Å². The van der Waals surface area contributed by atoms with E-state index in [0.29, 0.717) is 0 Å². The first-order valence-corrected chi connectivity index (χ1v) is 4.89. The summed E-state index contributed by atoms with van der Waals surface area (Å²) < 4.78 is 48.7. The average molecular weight is 300 g/mol. The molecule has 1 aromatic rings. The Hall–Kier alpha value is -1.11. The van der Waals surface area contributed by atoms with Gasteiger partial charge in [0.2, 0.25) is 0 Å². The van der Waals surface area contributed by atoms with Crippen LogP contribution in [0.1, 0.15) is 10.4 Å². The highest BCUT2D eigenvalue weighted by atomic mass is 79.9. The smallest absolute Gasteiger partial charge is 0.343 e. The van der Waals surface area contributed by atoms with E-state index in [4.69, 9.17) is 0 Å². The van der Waals surface area contributed by atoms with Crippen molar-refractivity contribution in [1.29, 1.82) is 0 Å². The number of hydrogen-bond acceptors (Lipinski definition) is 1. The van der Waals surface area contributed by atoms with E-state index in [1.165, 1.54) is 12.1 Å². The molecule has 0 bridgehead atoms. The van der Waals surface area contributed by atoms with Gasteiger partial charge in [-0.25, -0.2) is 4.39 Å². The lowest BCUT2D eigenvalue weighted by Crippen LogP contribution is -2.34. The first kappa shape index (κ1) is 13.0. The summed E-state index contributed by atoms with van der Waals surface area (Å²) in [6.07, 6.45) is -4.52. The monoisotopic (exact) mass is 299 g/mol. The SMILES string of the molecule is O=C(NCC(F)(F)F)c1c(F)cccc1Br. The van der Waals surface area contributed by atoms with Gasteiger partial charge in [-0.05, 0) is 28.1 Å². The van der Waals surface area contributed by atoms with Crippen LogP contribution >= 0.6 is 15.9 Å². The van der Waals surface area contributed by atoms with E-state index < -0.39 is 30.0 Å². The maximum atomic E-state index is 13.1. The Morgan fingerprint density at radius 2 is 2.00 bits per heavy atom. The second kappa shape index (κ2) is 4.82. The van der Waals surface area contributed by atoms with Gasteiger partial charge in [0, 0.05) is 4.47 Å². The predicted molar refractivity (Wildman–Crippen MR) is 52.5 cm³/mol. The van der Waals surface area contributed by atoms with Crippen LogP contribution in [0.5, 0.6) is 0 Å². The summed E-state index contributed by atoms with van der Waals surface area (Å²) in [4.78, 5) is 11.3. The molecule has 0 unspecified atom stereocenters. The zero-order valence-corrected chi connectivity index (χ0v) is 9.32. The largest absolute Gasteiger partial charge is 0.405 e. The molecule has 1 amide bonds. The number of alkyl halides is 3. The molecule has 0 atom stereocenters. The number of halogens is 5. The van der Waals surface area contributed by atoms with Crippen molar-refractivity contribution in [3.63, 3.8) is 0 Å². The highest BCUT2D eigenvalue weighted by molar-refractivity contribution is 9.10. The van der Waals surface area contributed by atoms with Crippen LogP contribution in [0.4, 0.5) is 17.6 Å². The van der Waals surface area contributed by atoms with E-state index in [-0.39, 0.29) is 4.47 Å². The molecule has 0 radical (unpaired) electrons. The van der Waals surface area contributed by atoms with Crippen LogP contribution in [-0.4, -0.2) is 18.6 Å². The third-order valence-corrected chi connectivity index (χ3v) is 2.30. The Kier molecular flexibility index (Phi) is 3.90. The van der Waals surface area contributed by atoms with Gasteiger partial charge in [0.05, 0.1) is 5.56 Å². The van der Waals surface area contributed by atoms with Gasteiger partial charge in [0.25, 0.3) is 5.91 Å². The number of carbonyl (C=O) groups excluding carboxylic acids is 1. The standard InChI is InChI=1S/C9H6BrF4NO/c10-5-2-1-3-6(11)7(5)8(16)15-4-9(12,13)14/h1-3H,4H2,(H,15,16). The number of benzene rings is 1. The van der Waals surface area contributed by atoms with Crippen molar-refractivity contribution in [3.05, 3.63) is 34.1 Å². The molecule has 7 heteroatoms. The molecule has 0 fully saturated rings. The quantitative estimate of drug-likeness (QED) is 0.836. The molecule has 88 valence electrons. The van der Waals surface area contributed by atoms with Crippen molar-refractivity contribution in [2.45, 2.75) is 6.18 Å². The molecule has 1 aromatic carbocycles. The van der Waals surface area contributed by atoms with Crippen molar-refractivity contribution in [1.82, 2.24) is 5.32 Å². The molecule has 0 spiro atoms. The minimum Gasteiger partial charge on any atom is -0.343 e. The van der Waals surface area contributed by atoms with Crippen LogP contribution < -0.4 is 5.32 Å². The van der Waals surface area contributed by atoms with Gasteiger partial charge in [0.15, 0.2) is 0 Å². The van der Waals surface area contributed by atoms with Gasteiger partial charge in [-0.1, -0.05) is 6.07 Å². The molecule has 0 aliphatic carbocycles. The number of amides is 1. The number of carbonyl (C=O) groups is 1. The first-order chi connectivity index (χ1) is 7.31. The van der Waals surface area contributed by atoms with Crippen molar-refractivity contribution >= 4 is 21.8 Å². The zero-order chi connectivity index (χ0) is 12.3. The van der Waals surface area contributed by atoms with Crippen molar-refractivity contribution < 1.29 is 22.4 Å². The Morgan fingerprint density at radius 3 is 2.50 bits per heavy atom. The van der Waals surface area contributed by atoms with Crippen LogP contribution in [0, 0.1) is 5.82 Å². The molecule has 0 aromatic heterocycles. The summed E-state index contributed by atoms with van der Waals surface area (Å²) in [5, 5.41) is 1.59. The van der Waals surface area contributed by atoms with E-state index in [2.05, 4.69) is 15.9 Å². The summed E-state index contributed by atoms with van der Waals surface area (Å²) in [6, 6.07) is 3.69. The molecular weight excluding hydrogens is 294 g/mol. The number of rotatable bonds is 2. The molecule has 1 N–H and O–H groups in total. The van der Waals surface area contributed by atoms with Crippen LogP contribution in [0.3, 0.4) is 0 Å². The summed E-state index contributed by atoms with van der Waals surface area (Å²) >= 11 is 2.89.